The molecule has 6 N–H and O–H groups in total. The van der Waals surface area contributed by atoms with E-state index >= 15 is 0 Å². The molecular weight excluding hydrogens is 557 g/mol. The van der Waals surface area contributed by atoms with E-state index in [1.54, 1.807) is 0 Å². The minimum Gasteiger partial charge on any atom is -1.00 e. The van der Waals surface area contributed by atoms with Crippen molar-refractivity contribution < 1.29 is 137 Å². The maximum Gasteiger partial charge on any atom is 1.00 e. The van der Waals surface area contributed by atoms with E-state index in [9.17, 15) is 43.7 Å². The van der Waals surface area contributed by atoms with Crippen molar-refractivity contribution in [3.63, 3.8) is 0 Å². The largest absolute Gasteiger partial charge is 1.00 e. The Kier molecular flexibility index (Phi) is 12.6. The van der Waals surface area contributed by atoms with Crippen LogP contribution in [-0.4, -0.2) is 44.8 Å². The molecule has 12 nitrogen and oxygen atoms in total. The van der Waals surface area contributed by atoms with Gasteiger partial charge in [-0.1, -0.05) is 6.07 Å². The van der Waals surface area contributed by atoms with Gasteiger partial charge in [0.2, 0.25) is 0 Å². The van der Waals surface area contributed by atoms with Gasteiger partial charge in [-0.05, 0) is 42.5 Å². The van der Waals surface area contributed by atoms with Gasteiger partial charge in [0.25, 0.3) is 36.3 Å². The van der Waals surface area contributed by atoms with Crippen LogP contribution < -0.4 is 99.7 Å². The number of rotatable bonds is 5. The van der Waals surface area contributed by atoms with Crippen LogP contribution in [0.5, 0.6) is 0 Å². The summed E-state index contributed by atoms with van der Waals surface area (Å²) in [6, 6.07) is 7.72. The molecule has 0 spiro atoms. The standard InChI is InChI=1S/C17H14N2O10S3.3Na.3H/c18-9-1-3-12(16(7-9)32(27,28)29)17(20)19-14-5-6-15(31(24,25)26)11-4-2-10(8-13(11)14)30(21,22)23;;;;;;/h1-8H,18H2,(H,19,20)(H,21,22,23)(H,24,25,26)(H,27,28,29);;;;;;/q;3*+1;3*-1. The second kappa shape index (κ2) is 12.6. The summed E-state index contributed by atoms with van der Waals surface area (Å²) in [6.07, 6.45) is 0. The zero-order valence-electron chi connectivity index (χ0n) is 21.6. The molecule has 0 atom stereocenters. The number of hydrogen-bond acceptors (Lipinski definition) is 8. The molecule has 0 aliphatic rings. The van der Waals surface area contributed by atoms with Crippen LogP contribution in [0.2, 0.25) is 0 Å². The molecule has 3 aromatic carbocycles. The first kappa shape index (κ1) is 34.9. The number of carbonyl (C=O) groups is 1. The molecule has 0 unspecified atom stereocenters. The Morgan fingerprint density at radius 2 is 1.29 bits per heavy atom. The average molecular weight is 574 g/mol. The van der Waals surface area contributed by atoms with Gasteiger partial charge >= 0.3 is 88.7 Å². The van der Waals surface area contributed by atoms with Crippen LogP contribution in [0.15, 0.2) is 63.2 Å². The van der Waals surface area contributed by atoms with E-state index < -0.39 is 56.5 Å². The van der Waals surface area contributed by atoms with Crippen LogP contribution in [0, 0.1) is 0 Å². The van der Waals surface area contributed by atoms with Crippen LogP contribution in [0.1, 0.15) is 14.6 Å². The van der Waals surface area contributed by atoms with Gasteiger partial charge < -0.3 is 15.3 Å². The molecule has 0 aliphatic heterocycles. The van der Waals surface area contributed by atoms with Gasteiger partial charge in [0.15, 0.2) is 0 Å². The summed E-state index contributed by atoms with van der Waals surface area (Å²) in [6.45, 7) is 0. The SMILES string of the molecule is Nc1ccc(C(=O)Nc2ccc(S(=O)(=O)O)c3ccc(S(=O)(=O)O)cc23)c(S(=O)(=O)O)c1.[H-].[H-].[H-].[Na+].[Na+].[Na+]. The molecule has 176 valence electrons. The van der Waals surface area contributed by atoms with E-state index in [-0.39, 0.29) is 115 Å². The Morgan fingerprint density at radius 1 is 0.714 bits per heavy atom. The molecular formula is C17H17N2Na3O10S3. The molecule has 18 heteroatoms. The number of anilines is 2. The van der Waals surface area contributed by atoms with Crippen molar-refractivity contribution in [2.45, 2.75) is 14.7 Å². The summed E-state index contributed by atoms with van der Waals surface area (Å²) in [5.41, 5.74) is 4.73. The zero-order chi connectivity index (χ0) is 24.1. The van der Waals surface area contributed by atoms with Crippen LogP contribution in [-0.2, 0) is 30.4 Å². The fourth-order valence-corrected chi connectivity index (χ4v) is 4.85. The van der Waals surface area contributed by atoms with Gasteiger partial charge in [-0.3, -0.25) is 18.5 Å². The van der Waals surface area contributed by atoms with Crippen molar-refractivity contribution in [3.8, 4) is 0 Å². The van der Waals surface area contributed by atoms with E-state index in [1.165, 1.54) is 6.07 Å². The summed E-state index contributed by atoms with van der Waals surface area (Å²) in [4.78, 5) is 10.7. The normalized spacial score (nSPS) is 11.5. The summed E-state index contributed by atoms with van der Waals surface area (Å²) in [7, 11) is -14.3. The zero-order valence-corrected chi connectivity index (χ0v) is 27.1. The maximum atomic E-state index is 12.7. The molecule has 0 fully saturated rings. The smallest absolute Gasteiger partial charge is 1.00 e. The van der Waals surface area contributed by atoms with Crippen LogP contribution in [0.3, 0.4) is 0 Å². The predicted octanol–water partition coefficient (Wildman–Crippen LogP) is -7.24. The topological polar surface area (TPSA) is 218 Å². The first-order valence-corrected chi connectivity index (χ1v) is 12.6. The van der Waals surface area contributed by atoms with Crippen molar-refractivity contribution in [1.29, 1.82) is 0 Å². The molecule has 0 aliphatic carbocycles. The Balaban J connectivity index is -0.000000963. The molecule has 3 rings (SSSR count). The number of nitrogens with one attached hydrogen (secondary N) is 1. The maximum absolute atomic E-state index is 12.7. The summed E-state index contributed by atoms with van der Waals surface area (Å²) in [5, 5.41) is 1.86. The van der Waals surface area contributed by atoms with Gasteiger partial charge in [0, 0.05) is 22.1 Å². The van der Waals surface area contributed by atoms with Crippen molar-refractivity contribution in [3.05, 3.63) is 54.1 Å². The predicted molar refractivity (Wildman–Crippen MR) is 116 cm³/mol. The van der Waals surface area contributed by atoms with Crippen LogP contribution in [0.25, 0.3) is 10.8 Å². The minimum absolute atomic E-state index is 0. The number of nitrogens with two attached hydrogens (primary N) is 1. The van der Waals surface area contributed by atoms with E-state index in [2.05, 4.69) is 5.32 Å². The molecule has 0 bridgehead atoms. The average Bonchev–Trinajstić information content (AvgIpc) is 2.65. The monoisotopic (exact) mass is 574 g/mol. The van der Waals surface area contributed by atoms with Crippen LogP contribution >= 0.6 is 0 Å². The first-order valence-electron chi connectivity index (χ1n) is 8.29. The third-order valence-corrected chi connectivity index (χ3v) is 6.96. The summed E-state index contributed by atoms with van der Waals surface area (Å²) >= 11 is 0. The number of hydrogen-bond donors (Lipinski definition) is 5. The van der Waals surface area contributed by atoms with E-state index in [0.717, 1.165) is 42.5 Å². The Morgan fingerprint density at radius 3 is 1.80 bits per heavy atom. The van der Waals surface area contributed by atoms with Crippen molar-refractivity contribution in [1.82, 2.24) is 0 Å². The van der Waals surface area contributed by atoms with Gasteiger partial charge in [-0.2, -0.15) is 25.3 Å². The summed E-state index contributed by atoms with van der Waals surface area (Å²) in [5.74, 6) is -1.07. The summed E-state index contributed by atoms with van der Waals surface area (Å²) < 4.78 is 97.7. The molecule has 0 aromatic heterocycles. The molecule has 3 aromatic rings. The van der Waals surface area contributed by atoms with Gasteiger partial charge in [-0.15, -0.1) is 0 Å². The van der Waals surface area contributed by atoms with Gasteiger partial charge in [-0.25, -0.2) is 0 Å². The fraction of sp³-hybridized carbons (Fsp3) is 0. The van der Waals surface area contributed by atoms with E-state index in [0.29, 0.717) is 0 Å². The molecule has 0 saturated heterocycles. The van der Waals surface area contributed by atoms with Crippen molar-refractivity contribution >= 4 is 58.4 Å². The second-order valence-corrected chi connectivity index (χ2v) is 10.7. The molecule has 0 saturated carbocycles. The number of fused-ring (bicyclic) bond motifs is 1. The number of benzene rings is 3. The van der Waals surface area contributed by atoms with Crippen molar-refractivity contribution in [2.75, 3.05) is 11.1 Å². The fourth-order valence-electron chi connectivity index (χ4n) is 2.92. The molecule has 0 heterocycles. The minimum atomic E-state index is -4.85. The quantitative estimate of drug-likeness (QED) is 0.110. The third kappa shape index (κ3) is 8.20. The van der Waals surface area contributed by atoms with E-state index in [1.807, 2.05) is 0 Å². The number of carbonyl (C=O) groups excluding carboxylic acids is 1. The third-order valence-electron chi connectivity index (χ3n) is 4.30. The van der Waals surface area contributed by atoms with Crippen molar-refractivity contribution in [2.24, 2.45) is 0 Å². The van der Waals surface area contributed by atoms with E-state index in [4.69, 9.17) is 5.73 Å². The Labute approximate surface area is 271 Å². The molecule has 0 radical (unpaired) electrons. The number of nitrogen functional groups attached to an aromatic ring is 1. The molecule has 35 heavy (non-hydrogen) atoms. The van der Waals surface area contributed by atoms with Gasteiger partial charge in [0.1, 0.15) is 9.79 Å². The second-order valence-electron chi connectivity index (χ2n) is 6.45. The Hall–Kier alpha value is -0.0800. The Bertz CT molecular complexity index is 1620. The molecule has 1 amide bonds. The first-order chi connectivity index (χ1) is 14.6. The number of amides is 1. The van der Waals surface area contributed by atoms with Gasteiger partial charge in [0.05, 0.1) is 10.5 Å². The van der Waals surface area contributed by atoms with Crippen LogP contribution in [0.4, 0.5) is 11.4 Å².